The number of hydrogen-bond donors (Lipinski definition) is 1. The summed E-state index contributed by atoms with van der Waals surface area (Å²) in [5.41, 5.74) is 1.07. The van der Waals surface area contributed by atoms with Crippen molar-refractivity contribution in [1.82, 2.24) is 5.32 Å². The van der Waals surface area contributed by atoms with E-state index in [1.165, 1.54) is 12.5 Å². The monoisotopic (exact) mass is 225 g/mol. The number of benzene rings is 1. The van der Waals surface area contributed by atoms with Gasteiger partial charge in [-0.25, -0.2) is 4.39 Å². The van der Waals surface area contributed by atoms with Gasteiger partial charge in [-0.15, -0.1) is 0 Å². The van der Waals surface area contributed by atoms with Crippen LogP contribution in [-0.4, -0.2) is 17.5 Å². The minimum absolute atomic E-state index is 0.142. The van der Waals surface area contributed by atoms with Gasteiger partial charge in [-0.2, -0.15) is 11.8 Å². The largest absolute Gasteiger partial charge is 0.309 e. The summed E-state index contributed by atoms with van der Waals surface area (Å²) in [5.74, 6) is 0.890. The highest BCUT2D eigenvalue weighted by atomic mass is 32.2. The first-order valence-electron chi connectivity index (χ1n) is 5.36. The number of rotatable bonds is 1. The zero-order chi connectivity index (χ0) is 10.7. The van der Waals surface area contributed by atoms with E-state index >= 15 is 0 Å². The smallest absolute Gasteiger partial charge is 0.123 e. The van der Waals surface area contributed by atoms with Crippen molar-refractivity contribution in [3.8, 4) is 0 Å². The molecule has 0 amide bonds. The Hall–Kier alpha value is -0.540. The Morgan fingerprint density at radius 2 is 2.33 bits per heavy atom. The molecule has 3 heteroatoms. The van der Waals surface area contributed by atoms with Crippen LogP contribution in [0.3, 0.4) is 0 Å². The molecule has 1 aliphatic heterocycles. The molecule has 1 heterocycles. The van der Waals surface area contributed by atoms with Gasteiger partial charge in [0.15, 0.2) is 0 Å². The fourth-order valence-corrected chi connectivity index (χ4v) is 2.92. The Morgan fingerprint density at radius 3 is 3.13 bits per heavy atom. The quantitative estimate of drug-likeness (QED) is 0.788. The van der Waals surface area contributed by atoms with Gasteiger partial charge >= 0.3 is 0 Å². The second kappa shape index (κ2) is 4.99. The van der Waals surface area contributed by atoms with Crippen LogP contribution in [0.5, 0.6) is 0 Å². The predicted molar refractivity (Wildman–Crippen MR) is 63.7 cm³/mol. The molecule has 0 saturated carbocycles. The van der Waals surface area contributed by atoms with Crippen molar-refractivity contribution in [2.45, 2.75) is 24.6 Å². The zero-order valence-corrected chi connectivity index (χ0v) is 9.69. The van der Waals surface area contributed by atoms with Crippen LogP contribution >= 0.6 is 11.8 Å². The van der Waals surface area contributed by atoms with Gasteiger partial charge in [0.2, 0.25) is 0 Å². The molecule has 82 valence electrons. The second-order valence-electron chi connectivity index (χ2n) is 3.99. The Balaban J connectivity index is 2.09. The van der Waals surface area contributed by atoms with Gasteiger partial charge in [0, 0.05) is 17.0 Å². The second-order valence-corrected chi connectivity index (χ2v) is 5.47. The Kier molecular flexibility index (Phi) is 3.65. The maximum absolute atomic E-state index is 13.1. The van der Waals surface area contributed by atoms with E-state index in [1.54, 1.807) is 12.1 Å². The minimum atomic E-state index is -0.142. The van der Waals surface area contributed by atoms with E-state index in [9.17, 15) is 4.39 Å². The summed E-state index contributed by atoms with van der Waals surface area (Å²) < 4.78 is 13.1. The molecule has 1 fully saturated rings. The Morgan fingerprint density at radius 1 is 1.47 bits per heavy atom. The molecule has 0 radical (unpaired) electrons. The highest BCUT2D eigenvalue weighted by molar-refractivity contribution is 7.99. The topological polar surface area (TPSA) is 12.0 Å². The number of hydrogen-bond acceptors (Lipinski definition) is 2. The third-order valence-electron chi connectivity index (χ3n) is 2.74. The van der Waals surface area contributed by atoms with Crippen LogP contribution in [-0.2, 0) is 0 Å². The van der Waals surface area contributed by atoms with E-state index in [2.05, 4.69) is 12.2 Å². The highest BCUT2D eigenvalue weighted by Gasteiger charge is 2.17. The molecule has 2 unspecified atom stereocenters. The molecule has 1 N–H and O–H groups in total. The molecular weight excluding hydrogens is 209 g/mol. The first kappa shape index (κ1) is 11.0. The molecule has 0 aliphatic carbocycles. The van der Waals surface area contributed by atoms with Crippen LogP contribution in [0.4, 0.5) is 4.39 Å². The molecule has 1 aromatic rings. The van der Waals surface area contributed by atoms with Crippen LogP contribution < -0.4 is 5.32 Å². The number of nitrogens with one attached hydrogen (secondary N) is 1. The predicted octanol–water partition coefficient (Wildman–Crippen LogP) is 2.98. The Labute approximate surface area is 94.5 Å². The van der Waals surface area contributed by atoms with Crippen molar-refractivity contribution in [3.05, 3.63) is 35.6 Å². The van der Waals surface area contributed by atoms with Crippen molar-refractivity contribution in [3.63, 3.8) is 0 Å². The van der Waals surface area contributed by atoms with Gasteiger partial charge in [0.1, 0.15) is 5.82 Å². The molecule has 0 aromatic heterocycles. The minimum Gasteiger partial charge on any atom is -0.309 e. The zero-order valence-electron chi connectivity index (χ0n) is 8.87. The maximum Gasteiger partial charge on any atom is 0.123 e. The SMILES string of the molecule is CC1CCNC(c2cccc(F)c2)CS1. The van der Waals surface area contributed by atoms with Crippen LogP contribution in [0.1, 0.15) is 24.9 Å². The highest BCUT2D eigenvalue weighted by Crippen LogP contribution is 2.26. The maximum atomic E-state index is 13.1. The molecule has 1 aliphatic rings. The standard InChI is InChI=1S/C12H16FNS/c1-9-5-6-14-12(8-15-9)10-3-2-4-11(13)7-10/h2-4,7,9,12,14H,5-6,8H2,1H3. The van der Waals surface area contributed by atoms with Crippen LogP contribution in [0, 0.1) is 5.82 Å². The molecule has 2 atom stereocenters. The fourth-order valence-electron chi connectivity index (χ4n) is 1.80. The van der Waals surface area contributed by atoms with Crippen LogP contribution in [0.2, 0.25) is 0 Å². The molecule has 1 nitrogen and oxygen atoms in total. The number of halogens is 1. The van der Waals surface area contributed by atoms with Gasteiger partial charge < -0.3 is 5.32 Å². The lowest BCUT2D eigenvalue weighted by Crippen LogP contribution is -2.22. The van der Waals surface area contributed by atoms with Gasteiger partial charge in [-0.05, 0) is 30.7 Å². The third kappa shape index (κ3) is 2.95. The summed E-state index contributed by atoms with van der Waals surface area (Å²) in [6.45, 7) is 3.27. The molecule has 0 bridgehead atoms. The summed E-state index contributed by atoms with van der Waals surface area (Å²) in [5, 5.41) is 4.17. The van der Waals surface area contributed by atoms with Gasteiger partial charge in [0.05, 0.1) is 0 Å². The lowest BCUT2D eigenvalue weighted by Gasteiger charge is -2.15. The van der Waals surface area contributed by atoms with E-state index in [0.29, 0.717) is 11.3 Å². The number of thioether (sulfide) groups is 1. The molecule has 1 aromatic carbocycles. The summed E-state index contributed by atoms with van der Waals surface area (Å²) in [6, 6.07) is 7.21. The lowest BCUT2D eigenvalue weighted by molar-refractivity contribution is 0.569. The van der Waals surface area contributed by atoms with E-state index in [0.717, 1.165) is 17.9 Å². The molecule has 0 spiro atoms. The summed E-state index contributed by atoms with van der Waals surface area (Å²) in [4.78, 5) is 0. The average molecular weight is 225 g/mol. The summed E-state index contributed by atoms with van der Waals surface area (Å²) in [6.07, 6.45) is 1.19. The molecular formula is C12H16FNS. The Bertz CT molecular complexity index is 329. The molecule has 15 heavy (non-hydrogen) atoms. The van der Waals surface area contributed by atoms with E-state index in [-0.39, 0.29) is 5.82 Å². The van der Waals surface area contributed by atoms with Crippen molar-refractivity contribution >= 4 is 11.8 Å². The van der Waals surface area contributed by atoms with Crippen molar-refractivity contribution in [2.24, 2.45) is 0 Å². The third-order valence-corrected chi connectivity index (χ3v) is 4.07. The van der Waals surface area contributed by atoms with Crippen molar-refractivity contribution in [1.29, 1.82) is 0 Å². The van der Waals surface area contributed by atoms with E-state index in [4.69, 9.17) is 0 Å². The fraction of sp³-hybridized carbons (Fsp3) is 0.500. The van der Waals surface area contributed by atoms with Gasteiger partial charge in [-0.3, -0.25) is 0 Å². The summed E-state index contributed by atoms with van der Waals surface area (Å²) >= 11 is 1.96. The van der Waals surface area contributed by atoms with E-state index in [1.807, 2.05) is 17.8 Å². The van der Waals surface area contributed by atoms with Crippen LogP contribution in [0.15, 0.2) is 24.3 Å². The lowest BCUT2D eigenvalue weighted by atomic mass is 10.1. The normalized spacial score (nSPS) is 27.3. The van der Waals surface area contributed by atoms with Gasteiger partial charge in [0.25, 0.3) is 0 Å². The van der Waals surface area contributed by atoms with Gasteiger partial charge in [-0.1, -0.05) is 19.1 Å². The average Bonchev–Trinajstić information content (AvgIpc) is 2.43. The van der Waals surface area contributed by atoms with Crippen molar-refractivity contribution in [2.75, 3.05) is 12.3 Å². The van der Waals surface area contributed by atoms with E-state index < -0.39 is 0 Å². The first-order valence-corrected chi connectivity index (χ1v) is 6.41. The van der Waals surface area contributed by atoms with Crippen LogP contribution in [0.25, 0.3) is 0 Å². The van der Waals surface area contributed by atoms with Crippen molar-refractivity contribution < 1.29 is 4.39 Å². The molecule has 1 saturated heterocycles. The summed E-state index contributed by atoms with van der Waals surface area (Å²) in [7, 11) is 0. The molecule has 2 rings (SSSR count). The first-order chi connectivity index (χ1) is 7.25.